The van der Waals surface area contributed by atoms with Gasteiger partial charge in [0.1, 0.15) is 6.61 Å². The van der Waals surface area contributed by atoms with Gasteiger partial charge in [0.25, 0.3) is 0 Å². The zero-order chi connectivity index (χ0) is 15.7. The van der Waals surface area contributed by atoms with Crippen molar-refractivity contribution in [2.24, 2.45) is 5.41 Å². The van der Waals surface area contributed by atoms with Gasteiger partial charge in [-0.15, -0.1) is 0 Å². The number of benzene rings is 1. The van der Waals surface area contributed by atoms with Crippen LogP contribution >= 0.6 is 0 Å². The Bertz CT molecular complexity index is 542. The molecule has 0 radical (unpaired) electrons. The number of aliphatic hydroxyl groups is 1. The van der Waals surface area contributed by atoms with Gasteiger partial charge in [0.2, 0.25) is 0 Å². The van der Waals surface area contributed by atoms with E-state index in [2.05, 4.69) is 5.32 Å². The first-order chi connectivity index (χ1) is 9.79. The molecule has 1 aliphatic rings. The van der Waals surface area contributed by atoms with E-state index in [1.807, 2.05) is 18.2 Å². The third-order valence-corrected chi connectivity index (χ3v) is 4.33. The molecule has 1 fully saturated rings. The standard InChI is InChI=1S/C15H19NO5/c1-14(2)11(17)8-15(14,12(18)19)16-13(20)21-9-10-6-4-3-5-7-10/h3-7,11,17H,8-9H2,1-2H3,(H,16,20)(H,18,19)/t11-,15-/m0/s1. The molecule has 0 unspecified atom stereocenters. The number of carboxylic acids is 1. The van der Waals surface area contributed by atoms with Gasteiger partial charge in [0.05, 0.1) is 6.10 Å². The lowest BCUT2D eigenvalue weighted by molar-refractivity contribution is -0.181. The fraction of sp³-hybridized carbons (Fsp3) is 0.467. The highest BCUT2D eigenvalue weighted by Crippen LogP contribution is 2.49. The molecule has 2 atom stereocenters. The van der Waals surface area contributed by atoms with Crippen molar-refractivity contribution >= 4 is 12.1 Å². The lowest BCUT2D eigenvalue weighted by Gasteiger charge is -2.56. The van der Waals surface area contributed by atoms with E-state index < -0.39 is 29.1 Å². The number of aliphatic hydroxyl groups excluding tert-OH is 1. The molecule has 1 aromatic carbocycles. The highest BCUT2D eigenvalue weighted by atomic mass is 16.5. The van der Waals surface area contributed by atoms with Crippen LogP contribution in [0.2, 0.25) is 0 Å². The molecular weight excluding hydrogens is 274 g/mol. The number of carbonyl (C=O) groups excluding carboxylic acids is 1. The van der Waals surface area contributed by atoms with E-state index in [0.29, 0.717) is 0 Å². The molecule has 1 aromatic rings. The number of ether oxygens (including phenoxy) is 1. The van der Waals surface area contributed by atoms with Gasteiger partial charge in [-0.25, -0.2) is 9.59 Å². The Balaban J connectivity index is 1.99. The minimum atomic E-state index is -1.50. The molecule has 0 spiro atoms. The van der Waals surface area contributed by atoms with Gasteiger partial charge in [-0.05, 0) is 5.56 Å². The number of hydrogen-bond donors (Lipinski definition) is 3. The van der Waals surface area contributed by atoms with Crippen molar-refractivity contribution in [2.75, 3.05) is 0 Å². The van der Waals surface area contributed by atoms with Crippen LogP contribution in [-0.4, -0.2) is 33.9 Å². The average molecular weight is 293 g/mol. The number of carboxylic acid groups (broad SMARTS) is 1. The minimum absolute atomic E-state index is 0.0320. The van der Waals surface area contributed by atoms with Crippen LogP contribution in [0.4, 0.5) is 4.79 Å². The first-order valence-corrected chi connectivity index (χ1v) is 6.70. The van der Waals surface area contributed by atoms with Crippen molar-refractivity contribution in [3.8, 4) is 0 Å². The van der Waals surface area contributed by atoms with E-state index in [0.717, 1.165) is 5.56 Å². The zero-order valence-electron chi connectivity index (χ0n) is 12.0. The van der Waals surface area contributed by atoms with Crippen LogP contribution in [-0.2, 0) is 16.1 Å². The Labute approximate surface area is 122 Å². The van der Waals surface area contributed by atoms with Crippen molar-refractivity contribution in [3.05, 3.63) is 35.9 Å². The molecule has 0 heterocycles. The summed E-state index contributed by atoms with van der Waals surface area (Å²) in [5.41, 5.74) is -1.64. The quantitative estimate of drug-likeness (QED) is 0.782. The van der Waals surface area contributed by atoms with Crippen LogP contribution in [0.3, 0.4) is 0 Å². The first-order valence-electron chi connectivity index (χ1n) is 6.70. The summed E-state index contributed by atoms with van der Waals surface area (Å²) in [6, 6.07) is 9.09. The van der Waals surface area contributed by atoms with Gasteiger partial charge in [0, 0.05) is 11.8 Å². The number of rotatable bonds is 4. The lowest BCUT2D eigenvalue weighted by atomic mass is 9.54. The summed E-state index contributed by atoms with van der Waals surface area (Å²) in [5.74, 6) is -1.17. The van der Waals surface area contributed by atoms with E-state index in [9.17, 15) is 19.8 Å². The second kappa shape index (κ2) is 5.37. The second-order valence-electron chi connectivity index (χ2n) is 5.84. The second-order valence-corrected chi connectivity index (χ2v) is 5.84. The summed E-state index contributed by atoms with van der Waals surface area (Å²) in [6.07, 6.45) is -1.61. The van der Waals surface area contributed by atoms with E-state index in [4.69, 9.17) is 4.74 Å². The Hall–Kier alpha value is -2.08. The average Bonchev–Trinajstić information content (AvgIpc) is 2.45. The Morgan fingerprint density at radius 2 is 1.95 bits per heavy atom. The van der Waals surface area contributed by atoms with Crippen molar-refractivity contribution in [1.82, 2.24) is 5.32 Å². The molecule has 1 amide bonds. The maximum Gasteiger partial charge on any atom is 0.408 e. The number of carbonyl (C=O) groups is 2. The van der Waals surface area contributed by atoms with Crippen LogP contribution < -0.4 is 5.32 Å². The monoisotopic (exact) mass is 293 g/mol. The van der Waals surface area contributed by atoms with E-state index in [1.54, 1.807) is 26.0 Å². The number of alkyl carbamates (subject to hydrolysis) is 1. The molecule has 0 aromatic heterocycles. The normalized spacial score (nSPS) is 26.5. The summed E-state index contributed by atoms with van der Waals surface area (Å²) >= 11 is 0. The zero-order valence-corrected chi connectivity index (χ0v) is 12.0. The number of nitrogens with one attached hydrogen (secondary N) is 1. The third-order valence-electron chi connectivity index (χ3n) is 4.33. The molecule has 0 saturated heterocycles. The SMILES string of the molecule is CC1(C)[C@@H](O)C[C@]1(NC(=O)OCc1ccccc1)C(=O)O. The Morgan fingerprint density at radius 1 is 1.33 bits per heavy atom. The van der Waals surface area contributed by atoms with Gasteiger partial charge < -0.3 is 20.3 Å². The van der Waals surface area contributed by atoms with Crippen molar-refractivity contribution in [1.29, 1.82) is 0 Å². The summed E-state index contributed by atoms with van der Waals surface area (Å²) in [5, 5.41) is 21.5. The van der Waals surface area contributed by atoms with Gasteiger partial charge in [-0.3, -0.25) is 0 Å². The fourth-order valence-electron chi connectivity index (χ4n) is 2.52. The molecule has 2 rings (SSSR count). The van der Waals surface area contributed by atoms with Crippen molar-refractivity contribution in [2.45, 2.75) is 38.5 Å². The highest BCUT2D eigenvalue weighted by Gasteiger charge is 2.65. The number of amides is 1. The van der Waals surface area contributed by atoms with Gasteiger partial charge in [-0.2, -0.15) is 0 Å². The molecule has 0 bridgehead atoms. The van der Waals surface area contributed by atoms with Crippen LogP contribution in [0.5, 0.6) is 0 Å². The van der Waals surface area contributed by atoms with Gasteiger partial charge >= 0.3 is 12.1 Å². The van der Waals surface area contributed by atoms with E-state index in [-0.39, 0.29) is 13.0 Å². The highest BCUT2D eigenvalue weighted by molar-refractivity contribution is 5.87. The van der Waals surface area contributed by atoms with E-state index >= 15 is 0 Å². The summed E-state index contributed by atoms with van der Waals surface area (Å²) in [7, 11) is 0. The van der Waals surface area contributed by atoms with E-state index in [1.165, 1.54) is 0 Å². The smallest absolute Gasteiger partial charge is 0.408 e. The summed E-state index contributed by atoms with van der Waals surface area (Å²) in [6.45, 7) is 3.27. The molecule has 114 valence electrons. The van der Waals surface area contributed by atoms with Gasteiger partial charge in [-0.1, -0.05) is 44.2 Å². The van der Waals surface area contributed by atoms with Crippen molar-refractivity contribution in [3.63, 3.8) is 0 Å². The van der Waals surface area contributed by atoms with Crippen LogP contribution in [0.25, 0.3) is 0 Å². The predicted octanol–water partition coefficient (Wildman–Crippen LogP) is 1.53. The number of hydrogen-bond acceptors (Lipinski definition) is 4. The fourth-order valence-corrected chi connectivity index (χ4v) is 2.52. The third kappa shape index (κ3) is 2.58. The molecule has 0 aliphatic heterocycles. The topological polar surface area (TPSA) is 95.9 Å². The molecule has 1 aliphatic carbocycles. The van der Waals surface area contributed by atoms with Crippen molar-refractivity contribution < 1.29 is 24.5 Å². The molecule has 6 heteroatoms. The van der Waals surface area contributed by atoms with Crippen LogP contribution in [0, 0.1) is 5.41 Å². The molecule has 21 heavy (non-hydrogen) atoms. The largest absolute Gasteiger partial charge is 0.479 e. The molecular formula is C15H19NO5. The summed E-state index contributed by atoms with van der Waals surface area (Å²) in [4.78, 5) is 23.3. The Morgan fingerprint density at radius 3 is 2.43 bits per heavy atom. The Kier molecular flexibility index (Phi) is 3.91. The lowest BCUT2D eigenvalue weighted by Crippen LogP contribution is -2.75. The van der Waals surface area contributed by atoms with Crippen LogP contribution in [0.15, 0.2) is 30.3 Å². The number of aliphatic carboxylic acids is 1. The molecule has 1 saturated carbocycles. The predicted molar refractivity (Wildman–Crippen MR) is 74.5 cm³/mol. The molecule has 6 nitrogen and oxygen atoms in total. The van der Waals surface area contributed by atoms with Gasteiger partial charge in [0.15, 0.2) is 5.54 Å². The van der Waals surface area contributed by atoms with Crippen LogP contribution in [0.1, 0.15) is 25.8 Å². The maximum absolute atomic E-state index is 11.8. The summed E-state index contributed by atoms with van der Waals surface area (Å²) < 4.78 is 5.04. The minimum Gasteiger partial charge on any atom is -0.479 e. The maximum atomic E-state index is 11.8. The first kappa shape index (κ1) is 15.3. The molecule has 3 N–H and O–H groups in total.